The minimum Gasteiger partial charge on any atom is -0.382 e. The van der Waals surface area contributed by atoms with Crippen molar-refractivity contribution in [2.45, 2.75) is 0 Å². The van der Waals surface area contributed by atoms with Crippen LogP contribution in [0.1, 0.15) is 0 Å². The van der Waals surface area contributed by atoms with Gasteiger partial charge in [0.1, 0.15) is 17.1 Å². The number of nitrogens with zero attached hydrogens (tertiary/aromatic N) is 4. The molecule has 2 aromatic rings. The van der Waals surface area contributed by atoms with Gasteiger partial charge in [0.2, 0.25) is 5.71 Å². The summed E-state index contributed by atoms with van der Waals surface area (Å²) in [7, 11) is 0. The second-order valence-corrected chi connectivity index (χ2v) is 3.12. The maximum atomic E-state index is 8.64. The highest BCUT2D eigenvalue weighted by Crippen LogP contribution is 2.14. The number of nitrogens with two attached hydrogens (primary N) is 1. The van der Waals surface area contributed by atoms with Crippen LogP contribution in [0.5, 0.6) is 0 Å². The fourth-order valence-electron chi connectivity index (χ4n) is 1.18. The standard InChI is InChI=1S/C9H8N8/c10-4-8(9(11)12)14-13-5-1-2-6-7(3-5)16-17-15-6/h1-3,13H,(H3,11,12)(H,15,16,17)/b14-8+. The first-order valence-corrected chi connectivity index (χ1v) is 4.59. The van der Waals surface area contributed by atoms with Gasteiger partial charge in [-0.2, -0.15) is 25.8 Å². The first kappa shape index (κ1) is 10.6. The Kier molecular flexibility index (Phi) is 2.66. The Hall–Kier alpha value is -2.95. The average Bonchev–Trinajstić information content (AvgIpc) is 2.76. The molecule has 0 unspecified atom stereocenters. The van der Waals surface area contributed by atoms with E-state index in [1.54, 1.807) is 24.3 Å². The van der Waals surface area contributed by atoms with Gasteiger partial charge in [0.15, 0.2) is 5.84 Å². The number of fused-ring (bicyclic) bond motifs is 1. The number of nitriles is 1. The third kappa shape index (κ3) is 2.18. The van der Waals surface area contributed by atoms with Crippen LogP contribution in [-0.4, -0.2) is 27.0 Å². The molecule has 0 saturated heterocycles. The van der Waals surface area contributed by atoms with Crippen molar-refractivity contribution < 1.29 is 0 Å². The van der Waals surface area contributed by atoms with Crippen LogP contribution >= 0.6 is 0 Å². The van der Waals surface area contributed by atoms with Crippen LogP contribution in [0.15, 0.2) is 23.3 Å². The maximum Gasteiger partial charge on any atom is 0.201 e. The maximum absolute atomic E-state index is 8.64. The zero-order chi connectivity index (χ0) is 12.3. The summed E-state index contributed by atoms with van der Waals surface area (Å²) in [6, 6.07) is 6.89. The van der Waals surface area contributed by atoms with Crippen molar-refractivity contribution in [2.75, 3.05) is 5.43 Å². The lowest BCUT2D eigenvalue weighted by atomic mass is 10.3. The SMILES string of the molecule is N#C/C(=N\Nc1ccc2n[nH]nc2c1)C(=N)N. The Morgan fingerprint density at radius 3 is 2.94 bits per heavy atom. The fourth-order valence-corrected chi connectivity index (χ4v) is 1.18. The molecule has 5 N–H and O–H groups in total. The largest absolute Gasteiger partial charge is 0.382 e. The van der Waals surface area contributed by atoms with Gasteiger partial charge in [0, 0.05) is 0 Å². The van der Waals surface area contributed by atoms with E-state index in [2.05, 4.69) is 25.9 Å². The van der Waals surface area contributed by atoms with Gasteiger partial charge in [-0.1, -0.05) is 0 Å². The van der Waals surface area contributed by atoms with Gasteiger partial charge in [-0.05, 0) is 18.2 Å². The molecule has 1 heterocycles. The highest BCUT2D eigenvalue weighted by molar-refractivity contribution is 6.45. The zero-order valence-corrected chi connectivity index (χ0v) is 8.60. The molecule has 2 rings (SSSR count). The molecule has 8 heteroatoms. The van der Waals surface area contributed by atoms with Gasteiger partial charge in [-0.25, -0.2) is 0 Å². The molecule has 84 valence electrons. The van der Waals surface area contributed by atoms with Gasteiger partial charge in [-0.3, -0.25) is 10.8 Å². The van der Waals surface area contributed by atoms with Gasteiger partial charge in [-0.15, -0.1) is 0 Å². The van der Waals surface area contributed by atoms with Crippen LogP contribution in [0.25, 0.3) is 11.0 Å². The highest BCUT2D eigenvalue weighted by Gasteiger charge is 2.02. The number of rotatable bonds is 3. The van der Waals surface area contributed by atoms with E-state index in [1.807, 2.05) is 0 Å². The van der Waals surface area contributed by atoms with Crippen LogP contribution in [-0.2, 0) is 0 Å². The molecule has 0 aliphatic rings. The first-order chi connectivity index (χ1) is 8.20. The normalized spacial score (nSPS) is 11.1. The van der Waals surface area contributed by atoms with Crippen LogP contribution < -0.4 is 11.2 Å². The number of nitrogens with one attached hydrogen (secondary N) is 3. The minimum atomic E-state index is -0.387. The predicted octanol–water partition coefficient (Wildman–Crippen LogP) is 0.185. The summed E-state index contributed by atoms with van der Waals surface area (Å²) in [5.74, 6) is -0.387. The molecule has 0 spiro atoms. The minimum absolute atomic E-state index is 0.176. The lowest BCUT2D eigenvalue weighted by molar-refractivity contribution is 0.959. The van der Waals surface area contributed by atoms with Crippen molar-refractivity contribution in [1.82, 2.24) is 15.4 Å². The molecule has 0 bridgehead atoms. The Balaban J connectivity index is 2.24. The molecule has 0 aliphatic heterocycles. The molecule has 1 aromatic carbocycles. The molecular formula is C9H8N8. The number of hydrogen-bond donors (Lipinski definition) is 4. The van der Waals surface area contributed by atoms with E-state index < -0.39 is 0 Å². The van der Waals surface area contributed by atoms with Crippen LogP contribution in [0.4, 0.5) is 5.69 Å². The number of aromatic nitrogens is 3. The summed E-state index contributed by atoms with van der Waals surface area (Å²) in [6.45, 7) is 0. The van der Waals surface area contributed by atoms with E-state index in [9.17, 15) is 0 Å². The second kappa shape index (κ2) is 4.28. The number of H-pyrrole nitrogens is 1. The first-order valence-electron chi connectivity index (χ1n) is 4.59. The van der Waals surface area contributed by atoms with E-state index in [1.165, 1.54) is 0 Å². The number of hydrogen-bond acceptors (Lipinski definition) is 6. The van der Waals surface area contributed by atoms with Crippen molar-refractivity contribution in [1.29, 1.82) is 10.7 Å². The van der Waals surface area contributed by atoms with E-state index >= 15 is 0 Å². The van der Waals surface area contributed by atoms with Crippen LogP contribution in [0, 0.1) is 16.7 Å². The number of hydrazone groups is 1. The third-order valence-corrected chi connectivity index (χ3v) is 1.97. The molecule has 0 atom stereocenters. The van der Waals surface area contributed by atoms with Crippen molar-refractivity contribution in [3.8, 4) is 6.07 Å². The molecule has 0 fully saturated rings. The summed E-state index contributed by atoms with van der Waals surface area (Å²) in [5.41, 5.74) is 9.62. The summed E-state index contributed by atoms with van der Waals surface area (Å²) in [5, 5.41) is 29.7. The summed E-state index contributed by atoms with van der Waals surface area (Å²) < 4.78 is 0. The van der Waals surface area contributed by atoms with E-state index in [-0.39, 0.29) is 11.5 Å². The third-order valence-electron chi connectivity index (χ3n) is 1.97. The zero-order valence-electron chi connectivity index (χ0n) is 8.60. The molecule has 0 aliphatic carbocycles. The number of benzene rings is 1. The quantitative estimate of drug-likeness (QED) is 0.337. The summed E-state index contributed by atoms with van der Waals surface area (Å²) in [6.07, 6.45) is 0. The summed E-state index contributed by atoms with van der Waals surface area (Å²) >= 11 is 0. The van der Waals surface area contributed by atoms with Gasteiger partial charge >= 0.3 is 0 Å². The van der Waals surface area contributed by atoms with Gasteiger partial charge in [0.05, 0.1) is 5.69 Å². The Labute approximate surface area is 95.6 Å². The van der Waals surface area contributed by atoms with Gasteiger partial charge < -0.3 is 5.73 Å². The molecule has 1 aromatic heterocycles. The molecule has 0 saturated carbocycles. The van der Waals surface area contributed by atoms with Crippen molar-refractivity contribution in [2.24, 2.45) is 10.8 Å². The summed E-state index contributed by atoms with van der Waals surface area (Å²) in [4.78, 5) is 0. The van der Waals surface area contributed by atoms with Crippen LogP contribution in [0.3, 0.4) is 0 Å². The Morgan fingerprint density at radius 1 is 1.47 bits per heavy atom. The average molecular weight is 228 g/mol. The number of aromatic amines is 1. The molecule has 0 radical (unpaired) electrons. The van der Waals surface area contributed by atoms with Crippen molar-refractivity contribution >= 4 is 28.3 Å². The van der Waals surface area contributed by atoms with Crippen LogP contribution in [0.2, 0.25) is 0 Å². The second-order valence-electron chi connectivity index (χ2n) is 3.12. The predicted molar refractivity (Wildman–Crippen MR) is 62.5 cm³/mol. The Morgan fingerprint density at radius 2 is 2.24 bits per heavy atom. The van der Waals surface area contributed by atoms with Crippen molar-refractivity contribution in [3.63, 3.8) is 0 Å². The molecule has 0 amide bonds. The van der Waals surface area contributed by atoms with Crippen molar-refractivity contribution in [3.05, 3.63) is 18.2 Å². The number of anilines is 1. The molecule has 8 nitrogen and oxygen atoms in total. The monoisotopic (exact) mass is 228 g/mol. The van der Waals surface area contributed by atoms with Gasteiger partial charge in [0.25, 0.3) is 0 Å². The number of amidine groups is 1. The highest BCUT2D eigenvalue weighted by atomic mass is 15.3. The Bertz CT molecular complexity index is 632. The van der Waals surface area contributed by atoms with E-state index in [4.69, 9.17) is 16.4 Å². The van der Waals surface area contributed by atoms with E-state index in [0.717, 1.165) is 5.52 Å². The smallest absolute Gasteiger partial charge is 0.201 e. The topological polar surface area (TPSA) is 140 Å². The van der Waals surface area contributed by atoms with E-state index in [0.29, 0.717) is 11.2 Å². The fraction of sp³-hybridized carbons (Fsp3) is 0. The molecule has 17 heavy (non-hydrogen) atoms. The molecular weight excluding hydrogens is 220 g/mol. The lowest BCUT2D eigenvalue weighted by Gasteiger charge is -2.00. The lowest BCUT2D eigenvalue weighted by Crippen LogP contribution is -2.21.